The average molecular weight is 660 g/mol. The maximum atomic E-state index is 7.19. The second-order valence-electron chi connectivity index (χ2n) is 11.6. The van der Waals surface area contributed by atoms with Gasteiger partial charge in [-0.15, -0.1) is 0 Å². The fraction of sp³-hybridized carbons (Fsp3) is 0.0476. The summed E-state index contributed by atoms with van der Waals surface area (Å²) < 4.78 is 0. The van der Waals surface area contributed by atoms with Crippen LogP contribution in [0.15, 0.2) is 190 Å². The van der Waals surface area contributed by atoms with Crippen LogP contribution in [0.5, 0.6) is 0 Å². The fourth-order valence-corrected chi connectivity index (χ4v) is 7.05. The fourth-order valence-electron chi connectivity index (χ4n) is 6.51. The molecule has 0 bridgehead atoms. The monoisotopic (exact) mass is 658 g/mol. The molecule has 0 amide bonds. The minimum Gasteiger partial charge on any atom is -0.243 e. The molecular weight excluding hydrogens is 631 g/mol. The minimum atomic E-state index is -1.50. The first-order valence-electron chi connectivity index (χ1n) is 15.7. The number of hydrogen-bond acceptors (Lipinski definition) is 4. The third-order valence-electron chi connectivity index (χ3n) is 8.72. The van der Waals surface area contributed by atoms with E-state index in [0.29, 0.717) is 44.0 Å². The van der Waals surface area contributed by atoms with E-state index in [-0.39, 0.29) is 0 Å². The molecule has 0 unspecified atom stereocenters. The molecule has 0 saturated carbocycles. The lowest BCUT2D eigenvalue weighted by molar-refractivity contribution is 0.257. The quantitative estimate of drug-likeness (QED) is 0.164. The molecule has 4 nitrogen and oxygen atoms in total. The molecule has 0 spiro atoms. The van der Waals surface area contributed by atoms with Crippen LogP contribution in [0.4, 0.5) is 0 Å². The van der Waals surface area contributed by atoms with Crippen molar-refractivity contribution in [1.29, 1.82) is 0 Å². The van der Waals surface area contributed by atoms with Crippen LogP contribution in [0, 0.1) is 0 Å². The van der Waals surface area contributed by atoms with Crippen molar-refractivity contribution in [2.75, 3.05) is 0 Å². The summed E-state index contributed by atoms with van der Waals surface area (Å²) in [5.74, 6) is 0. The van der Waals surface area contributed by atoms with Crippen LogP contribution < -0.4 is 0 Å². The number of benzene rings is 6. The summed E-state index contributed by atoms with van der Waals surface area (Å²) >= 11 is 14.4. The highest BCUT2D eigenvalue weighted by Gasteiger charge is 2.61. The van der Waals surface area contributed by atoms with E-state index in [9.17, 15) is 0 Å². The van der Waals surface area contributed by atoms with Gasteiger partial charge in [0.1, 0.15) is 0 Å². The molecule has 0 N–H and O–H groups in total. The van der Waals surface area contributed by atoms with E-state index in [1.807, 2.05) is 170 Å². The van der Waals surface area contributed by atoms with Crippen LogP contribution in [0.25, 0.3) is 0 Å². The number of aliphatic imine (C=N–C) groups is 4. The molecule has 0 fully saturated rings. The van der Waals surface area contributed by atoms with E-state index in [2.05, 4.69) is 0 Å². The summed E-state index contributed by atoms with van der Waals surface area (Å²) in [5.41, 5.74) is 4.87. The SMILES string of the molecule is Clc1ccccc1C1(C2(c3ccccc3Cl)N=C(c3ccccc3)C(c3ccccc3)=N2)N=C(c2ccccc2)C(c2ccccc2)=N1. The van der Waals surface area contributed by atoms with Gasteiger partial charge in [-0.05, 0) is 12.1 Å². The van der Waals surface area contributed by atoms with Gasteiger partial charge in [0.2, 0.25) is 11.3 Å². The predicted molar refractivity (Wildman–Crippen MR) is 198 cm³/mol. The lowest BCUT2D eigenvalue weighted by atomic mass is 9.82. The molecule has 2 aliphatic heterocycles. The van der Waals surface area contributed by atoms with E-state index in [4.69, 9.17) is 43.2 Å². The topological polar surface area (TPSA) is 49.4 Å². The van der Waals surface area contributed by atoms with Gasteiger partial charge in [-0.2, -0.15) is 0 Å². The van der Waals surface area contributed by atoms with Crippen LogP contribution in [0.2, 0.25) is 10.0 Å². The van der Waals surface area contributed by atoms with Crippen molar-refractivity contribution >= 4 is 46.0 Å². The van der Waals surface area contributed by atoms with Gasteiger partial charge in [-0.3, -0.25) is 0 Å². The molecule has 2 heterocycles. The normalized spacial score (nSPS) is 16.1. The molecule has 230 valence electrons. The number of rotatable bonds is 7. The first-order chi connectivity index (χ1) is 23.6. The number of hydrogen-bond donors (Lipinski definition) is 0. The van der Waals surface area contributed by atoms with Crippen molar-refractivity contribution in [1.82, 2.24) is 0 Å². The molecule has 0 aromatic heterocycles. The molecular formula is C42H28Cl2N4. The summed E-state index contributed by atoms with van der Waals surface area (Å²) in [4.78, 5) is 22.6. The second-order valence-corrected chi connectivity index (χ2v) is 12.4. The van der Waals surface area contributed by atoms with E-state index >= 15 is 0 Å². The highest BCUT2D eigenvalue weighted by atomic mass is 35.5. The summed E-state index contributed by atoms with van der Waals surface area (Å²) in [5, 5.41) is 0.996. The van der Waals surface area contributed by atoms with E-state index in [0.717, 1.165) is 22.3 Å². The number of nitrogens with zero attached hydrogens (tertiary/aromatic N) is 4. The Balaban J connectivity index is 1.56. The van der Waals surface area contributed by atoms with Crippen molar-refractivity contribution in [3.63, 3.8) is 0 Å². The summed E-state index contributed by atoms with van der Waals surface area (Å²) in [6.07, 6.45) is 0. The van der Waals surface area contributed by atoms with Gasteiger partial charge >= 0.3 is 0 Å². The Kier molecular flexibility index (Phi) is 7.68. The molecule has 8 rings (SSSR count). The third kappa shape index (κ3) is 4.93. The van der Waals surface area contributed by atoms with Gasteiger partial charge in [0.15, 0.2) is 0 Å². The van der Waals surface area contributed by atoms with Gasteiger partial charge in [0.25, 0.3) is 0 Å². The van der Waals surface area contributed by atoms with Crippen LogP contribution >= 0.6 is 23.2 Å². The predicted octanol–water partition coefficient (Wildman–Crippen LogP) is 9.98. The lowest BCUT2D eigenvalue weighted by Gasteiger charge is -2.39. The Hall–Kier alpha value is -5.42. The van der Waals surface area contributed by atoms with Crippen molar-refractivity contribution < 1.29 is 0 Å². The van der Waals surface area contributed by atoms with Crippen LogP contribution in [0.3, 0.4) is 0 Å². The first kappa shape index (κ1) is 29.9. The molecule has 6 heteroatoms. The molecule has 0 atom stereocenters. The van der Waals surface area contributed by atoms with Crippen LogP contribution in [0.1, 0.15) is 33.4 Å². The van der Waals surface area contributed by atoms with E-state index in [1.54, 1.807) is 0 Å². The van der Waals surface area contributed by atoms with Crippen molar-refractivity contribution in [2.24, 2.45) is 20.0 Å². The van der Waals surface area contributed by atoms with Crippen LogP contribution in [-0.2, 0) is 11.3 Å². The second kappa shape index (κ2) is 12.3. The minimum absolute atomic E-state index is 0.498. The lowest BCUT2D eigenvalue weighted by Crippen LogP contribution is -2.43. The molecule has 6 aromatic rings. The Morgan fingerprint density at radius 2 is 0.521 bits per heavy atom. The maximum absolute atomic E-state index is 7.19. The highest BCUT2D eigenvalue weighted by Crippen LogP contribution is 2.56. The Labute approximate surface area is 289 Å². The zero-order valence-electron chi connectivity index (χ0n) is 25.7. The smallest absolute Gasteiger partial charge is 0.227 e. The van der Waals surface area contributed by atoms with Crippen molar-refractivity contribution in [2.45, 2.75) is 11.3 Å². The largest absolute Gasteiger partial charge is 0.243 e. The molecule has 0 aliphatic carbocycles. The highest BCUT2D eigenvalue weighted by molar-refractivity contribution is 6.56. The van der Waals surface area contributed by atoms with E-state index in [1.165, 1.54) is 0 Å². The van der Waals surface area contributed by atoms with Crippen LogP contribution in [-0.4, -0.2) is 22.8 Å². The molecule has 0 saturated heterocycles. The average Bonchev–Trinajstić information content (AvgIpc) is 3.76. The molecule has 48 heavy (non-hydrogen) atoms. The van der Waals surface area contributed by atoms with Gasteiger partial charge < -0.3 is 0 Å². The van der Waals surface area contributed by atoms with E-state index < -0.39 is 11.3 Å². The van der Waals surface area contributed by atoms with Gasteiger partial charge in [-0.25, -0.2) is 20.0 Å². The molecule has 2 aliphatic rings. The zero-order chi connectivity index (χ0) is 32.6. The maximum Gasteiger partial charge on any atom is 0.227 e. The summed E-state index contributed by atoms with van der Waals surface area (Å²) in [6, 6.07) is 55.8. The molecule has 6 aromatic carbocycles. The Bertz CT molecular complexity index is 1970. The Morgan fingerprint density at radius 3 is 0.771 bits per heavy atom. The van der Waals surface area contributed by atoms with Gasteiger partial charge in [0.05, 0.1) is 22.8 Å². The third-order valence-corrected chi connectivity index (χ3v) is 9.38. The summed E-state index contributed by atoms with van der Waals surface area (Å²) in [6.45, 7) is 0. The van der Waals surface area contributed by atoms with Gasteiger partial charge in [-0.1, -0.05) is 181 Å². The molecule has 0 radical (unpaired) electrons. The standard InChI is InChI=1S/C42H28Cl2N4/c43-35-27-15-13-25-33(35)41(45-37(29-17-5-1-6-18-29)38(46-41)30-19-7-2-8-20-30)42(34-26-14-16-28-36(34)44)47-39(31-21-9-3-10-22-31)40(48-42)32-23-11-4-12-24-32/h1-28H. The van der Waals surface area contributed by atoms with Crippen molar-refractivity contribution in [3.8, 4) is 0 Å². The van der Waals surface area contributed by atoms with Crippen molar-refractivity contribution in [3.05, 3.63) is 213 Å². The number of halogens is 2. The summed E-state index contributed by atoms with van der Waals surface area (Å²) in [7, 11) is 0. The zero-order valence-corrected chi connectivity index (χ0v) is 27.2. The first-order valence-corrected chi connectivity index (χ1v) is 16.5. The van der Waals surface area contributed by atoms with Gasteiger partial charge in [0, 0.05) is 43.4 Å². The Morgan fingerprint density at radius 1 is 0.292 bits per heavy atom.